The largest absolute Gasteiger partial charge is 0.198 e. The van der Waals surface area contributed by atoms with E-state index in [-0.39, 0.29) is 12.5 Å². The molecule has 22 heavy (non-hydrogen) atoms. The lowest BCUT2D eigenvalue weighted by Gasteiger charge is -2.21. The lowest BCUT2D eigenvalue weighted by molar-refractivity contribution is 0.595. The first kappa shape index (κ1) is 15.7. The first-order chi connectivity index (χ1) is 10.6. The molecule has 0 radical (unpaired) electrons. The molecule has 0 saturated carbocycles. The van der Waals surface area contributed by atoms with Gasteiger partial charge in [0, 0.05) is 0 Å². The van der Waals surface area contributed by atoms with E-state index in [4.69, 9.17) is 5.26 Å². The van der Waals surface area contributed by atoms with Gasteiger partial charge >= 0.3 is 0 Å². The van der Waals surface area contributed by atoms with Crippen LogP contribution in [0.1, 0.15) is 19.4 Å². The summed E-state index contributed by atoms with van der Waals surface area (Å²) in [7, 11) is 0. The minimum Gasteiger partial charge on any atom is -0.198 e. The maximum atomic E-state index is 9.65. The molecule has 0 amide bonds. The molecule has 0 aliphatic carbocycles. The minimum absolute atomic E-state index is 0.158. The molecule has 2 rings (SSSR count). The molecule has 0 aliphatic rings. The monoisotopic (exact) mass is 290 g/mol. The zero-order valence-electron chi connectivity index (χ0n) is 12.8. The zero-order valence-corrected chi connectivity index (χ0v) is 12.8. The molecule has 0 aliphatic heterocycles. The van der Waals surface area contributed by atoms with Gasteiger partial charge in [0.25, 0.3) is 0 Å². The van der Waals surface area contributed by atoms with E-state index in [0.717, 1.165) is 16.3 Å². The number of rotatable bonds is 5. The van der Waals surface area contributed by atoms with E-state index in [1.165, 1.54) is 0 Å². The van der Waals surface area contributed by atoms with E-state index in [1.807, 2.05) is 49.4 Å². The second-order valence-corrected chi connectivity index (χ2v) is 5.62. The van der Waals surface area contributed by atoms with Crippen LogP contribution in [0.4, 0.5) is 0 Å². The van der Waals surface area contributed by atoms with Crippen molar-refractivity contribution < 1.29 is 0 Å². The van der Waals surface area contributed by atoms with Gasteiger partial charge in [0.05, 0.1) is 31.1 Å². The Morgan fingerprint density at radius 2 is 1.82 bits per heavy atom. The Labute approximate surface area is 130 Å². The molecule has 0 saturated heterocycles. The highest BCUT2D eigenvalue weighted by Gasteiger charge is 2.28. The standard InChI is InChI=1S/C18H18N4/c1-14(10-19)11-21-22-13-18(2,12-20)17-9-5-7-15-6-3-4-8-16(15)17/h3-9,14H,11,13H2,1-2H3. The molecule has 0 fully saturated rings. The summed E-state index contributed by atoms with van der Waals surface area (Å²) in [5.41, 5.74) is 0.223. The molecule has 2 unspecified atom stereocenters. The summed E-state index contributed by atoms with van der Waals surface area (Å²) in [6, 6.07) is 18.5. The lowest BCUT2D eigenvalue weighted by Crippen LogP contribution is -2.23. The van der Waals surface area contributed by atoms with E-state index >= 15 is 0 Å². The zero-order chi connectivity index (χ0) is 16.0. The number of azo groups is 1. The van der Waals surface area contributed by atoms with Gasteiger partial charge in [0.2, 0.25) is 0 Å². The van der Waals surface area contributed by atoms with Crippen molar-refractivity contribution in [2.45, 2.75) is 19.3 Å². The predicted octanol–water partition coefficient (Wildman–Crippen LogP) is 4.23. The van der Waals surface area contributed by atoms with Crippen LogP contribution in [0.15, 0.2) is 52.7 Å². The maximum absolute atomic E-state index is 9.65. The van der Waals surface area contributed by atoms with Crippen molar-refractivity contribution in [3.63, 3.8) is 0 Å². The average molecular weight is 290 g/mol. The second kappa shape index (κ2) is 6.83. The Bertz CT molecular complexity index is 761. The van der Waals surface area contributed by atoms with Gasteiger partial charge in [-0.2, -0.15) is 20.8 Å². The van der Waals surface area contributed by atoms with Crippen molar-refractivity contribution in [3.05, 3.63) is 48.0 Å². The Balaban J connectivity index is 2.30. The molecule has 0 spiro atoms. The van der Waals surface area contributed by atoms with E-state index in [9.17, 15) is 5.26 Å². The number of nitriles is 2. The highest BCUT2D eigenvalue weighted by atomic mass is 15.1. The Hall–Kier alpha value is -2.72. The molecular weight excluding hydrogens is 272 g/mol. The van der Waals surface area contributed by atoms with Crippen molar-refractivity contribution in [2.24, 2.45) is 16.1 Å². The van der Waals surface area contributed by atoms with Gasteiger partial charge in [-0.15, -0.1) is 0 Å². The summed E-state index contributed by atoms with van der Waals surface area (Å²) in [5.74, 6) is -0.158. The molecule has 4 nitrogen and oxygen atoms in total. The number of fused-ring (bicyclic) bond motifs is 1. The molecule has 0 bridgehead atoms. The summed E-state index contributed by atoms with van der Waals surface area (Å²) in [6.45, 7) is 4.33. The number of nitrogens with zero attached hydrogens (tertiary/aromatic N) is 4. The van der Waals surface area contributed by atoms with Crippen LogP contribution >= 0.6 is 0 Å². The molecule has 0 heterocycles. The van der Waals surface area contributed by atoms with Crippen LogP contribution in [0.25, 0.3) is 10.8 Å². The van der Waals surface area contributed by atoms with Gasteiger partial charge in [-0.3, -0.25) is 0 Å². The molecule has 4 heteroatoms. The van der Waals surface area contributed by atoms with Crippen molar-refractivity contribution in [1.82, 2.24) is 0 Å². The summed E-state index contributed by atoms with van der Waals surface area (Å²) in [4.78, 5) is 0. The molecule has 0 aromatic heterocycles. The third-order valence-electron chi connectivity index (χ3n) is 3.69. The fraction of sp³-hybridized carbons (Fsp3) is 0.333. The molecule has 2 aromatic rings. The molecule has 2 aromatic carbocycles. The lowest BCUT2D eigenvalue weighted by atomic mass is 9.81. The smallest absolute Gasteiger partial charge is 0.101 e. The quantitative estimate of drug-likeness (QED) is 0.773. The van der Waals surface area contributed by atoms with Crippen molar-refractivity contribution in [1.29, 1.82) is 10.5 Å². The highest BCUT2D eigenvalue weighted by Crippen LogP contribution is 2.30. The predicted molar refractivity (Wildman–Crippen MR) is 86.3 cm³/mol. The minimum atomic E-state index is -0.736. The molecular formula is C18H18N4. The fourth-order valence-corrected chi connectivity index (χ4v) is 2.30. The van der Waals surface area contributed by atoms with E-state index in [0.29, 0.717) is 6.54 Å². The molecule has 2 atom stereocenters. The summed E-state index contributed by atoms with van der Waals surface area (Å²) in [5, 5.41) is 28.7. The van der Waals surface area contributed by atoms with Crippen LogP contribution in [0.5, 0.6) is 0 Å². The van der Waals surface area contributed by atoms with Gasteiger partial charge in [-0.1, -0.05) is 42.5 Å². The highest BCUT2D eigenvalue weighted by molar-refractivity contribution is 5.87. The number of hydrogen-bond donors (Lipinski definition) is 0. The Morgan fingerprint density at radius 3 is 2.55 bits per heavy atom. The molecule has 110 valence electrons. The van der Waals surface area contributed by atoms with E-state index in [2.05, 4.69) is 22.4 Å². The van der Waals surface area contributed by atoms with Crippen LogP contribution in [0, 0.1) is 28.6 Å². The van der Waals surface area contributed by atoms with Crippen LogP contribution < -0.4 is 0 Å². The average Bonchev–Trinajstić information content (AvgIpc) is 2.57. The van der Waals surface area contributed by atoms with Gasteiger partial charge in [-0.05, 0) is 30.2 Å². The third kappa shape index (κ3) is 3.30. The van der Waals surface area contributed by atoms with E-state index < -0.39 is 5.41 Å². The Kier molecular flexibility index (Phi) is 4.86. The van der Waals surface area contributed by atoms with Gasteiger partial charge in [0.15, 0.2) is 0 Å². The van der Waals surface area contributed by atoms with Crippen molar-refractivity contribution in [3.8, 4) is 12.1 Å². The van der Waals surface area contributed by atoms with Crippen LogP contribution in [0.3, 0.4) is 0 Å². The number of hydrogen-bond acceptors (Lipinski definition) is 4. The Morgan fingerprint density at radius 1 is 1.09 bits per heavy atom. The summed E-state index contributed by atoms with van der Waals surface area (Å²) >= 11 is 0. The van der Waals surface area contributed by atoms with Crippen LogP contribution in [0.2, 0.25) is 0 Å². The maximum Gasteiger partial charge on any atom is 0.101 e. The summed E-state index contributed by atoms with van der Waals surface area (Å²) < 4.78 is 0. The fourth-order valence-electron chi connectivity index (χ4n) is 2.30. The van der Waals surface area contributed by atoms with E-state index in [1.54, 1.807) is 6.92 Å². The summed E-state index contributed by atoms with van der Waals surface area (Å²) in [6.07, 6.45) is 0. The van der Waals surface area contributed by atoms with Crippen molar-refractivity contribution >= 4 is 10.8 Å². The SMILES string of the molecule is CC(C#N)CN=NCC(C)(C#N)c1cccc2ccccc12. The van der Waals surface area contributed by atoms with Gasteiger partial charge in [0.1, 0.15) is 5.41 Å². The first-order valence-corrected chi connectivity index (χ1v) is 7.23. The topological polar surface area (TPSA) is 72.3 Å². The van der Waals surface area contributed by atoms with Gasteiger partial charge in [-0.25, -0.2) is 0 Å². The third-order valence-corrected chi connectivity index (χ3v) is 3.69. The van der Waals surface area contributed by atoms with Gasteiger partial charge < -0.3 is 0 Å². The normalized spacial score (nSPS) is 15.1. The first-order valence-electron chi connectivity index (χ1n) is 7.23. The molecule has 0 N–H and O–H groups in total. The number of benzene rings is 2. The van der Waals surface area contributed by atoms with Crippen molar-refractivity contribution in [2.75, 3.05) is 13.1 Å². The second-order valence-electron chi connectivity index (χ2n) is 5.62. The van der Waals surface area contributed by atoms with Crippen LogP contribution in [-0.4, -0.2) is 13.1 Å². The van der Waals surface area contributed by atoms with Crippen LogP contribution in [-0.2, 0) is 5.41 Å².